The first-order chi connectivity index (χ1) is 6.96. The summed E-state index contributed by atoms with van der Waals surface area (Å²) in [5.74, 6) is 2.24. The molecule has 1 unspecified atom stereocenters. The van der Waals surface area contributed by atoms with Gasteiger partial charge in [-0.15, -0.1) is 17.8 Å². The zero-order chi connectivity index (χ0) is 11.5. The first-order valence-corrected chi connectivity index (χ1v) is 5.43. The summed E-state index contributed by atoms with van der Waals surface area (Å²) < 4.78 is 0. The van der Waals surface area contributed by atoms with Gasteiger partial charge in [0, 0.05) is 4.88 Å². The van der Waals surface area contributed by atoms with E-state index in [0.717, 1.165) is 4.88 Å². The minimum atomic E-state index is -0.661. The number of carbonyl (C=O) groups is 1. The van der Waals surface area contributed by atoms with Crippen LogP contribution >= 0.6 is 11.3 Å². The predicted molar refractivity (Wildman–Crippen MR) is 62.3 cm³/mol. The highest BCUT2D eigenvalue weighted by Crippen LogP contribution is 2.17. The van der Waals surface area contributed by atoms with Crippen molar-refractivity contribution in [2.45, 2.75) is 25.4 Å². The predicted octanol–water partition coefficient (Wildman–Crippen LogP) is 1.28. The molecule has 1 aromatic heterocycles. The molecule has 0 aliphatic carbocycles. The number of hydrogen-bond donors (Lipinski definition) is 2. The quantitative estimate of drug-likeness (QED) is 0.757. The van der Waals surface area contributed by atoms with Crippen LogP contribution in [0, 0.1) is 12.3 Å². The smallest absolute Gasteiger partial charge is 0.243 e. The van der Waals surface area contributed by atoms with Crippen LogP contribution in [-0.4, -0.2) is 11.4 Å². The van der Waals surface area contributed by atoms with Crippen molar-refractivity contribution in [3.05, 3.63) is 22.4 Å². The molecule has 3 N–H and O–H groups in total. The summed E-state index contributed by atoms with van der Waals surface area (Å²) in [6.07, 6.45) is 5.27. The van der Waals surface area contributed by atoms with Gasteiger partial charge in [0.05, 0.1) is 5.54 Å². The van der Waals surface area contributed by atoms with Crippen molar-refractivity contribution in [1.29, 1.82) is 0 Å². The van der Waals surface area contributed by atoms with E-state index in [1.165, 1.54) is 11.3 Å². The van der Waals surface area contributed by atoms with Crippen molar-refractivity contribution in [3.63, 3.8) is 0 Å². The normalized spacial score (nSPS) is 12.9. The Morgan fingerprint density at radius 3 is 2.87 bits per heavy atom. The van der Waals surface area contributed by atoms with Crippen molar-refractivity contribution in [3.8, 4) is 12.3 Å². The van der Waals surface area contributed by atoms with E-state index in [4.69, 9.17) is 12.2 Å². The van der Waals surface area contributed by atoms with Crippen molar-refractivity contribution >= 4 is 17.2 Å². The van der Waals surface area contributed by atoms with Crippen molar-refractivity contribution in [1.82, 2.24) is 5.32 Å². The molecular formula is C11H14N2OS. The maximum Gasteiger partial charge on any atom is 0.243 e. The topological polar surface area (TPSA) is 55.1 Å². The average molecular weight is 222 g/mol. The van der Waals surface area contributed by atoms with Crippen LogP contribution in [-0.2, 0) is 4.79 Å². The molecule has 0 aliphatic heterocycles. The molecule has 1 heterocycles. The fourth-order valence-corrected chi connectivity index (χ4v) is 1.74. The molecule has 0 aromatic carbocycles. The third-order valence-electron chi connectivity index (χ3n) is 1.93. The Balaban J connectivity index is 2.67. The fourth-order valence-electron chi connectivity index (χ4n) is 1.02. The van der Waals surface area contributed by atoms with Crippen LogP contribution in [0.15, 0.2) is 17.5 Å². The second kappa shape index (κ2) is 4.47. The molecule has 0 aliphatic rings. The van der Waals surface area contributed by atoms with E-state index < -0.39 is 11.6 Å². The SMILES string of the molecule is C#CC(C)(C)NC(=O)C(N)c1cccs1. The van der Waals surface area contributed by atoms with Gasteiger partial charge in [-0.05, 0) is 25.3 Å². The van der Waals surface area contributed by atoms with Gasteiger partial charge in [0.1, 0.15) is 6.04 Å². The number of amides is 1. The Morgan fingerprint density at radius 2 is 2.40 bits per heavy atom. The maximum absolute atomic E-state index is 11.7. The highest BCUT2D eigenvalue weighted by Gasteiger charge is 2.23. The third-order valence-corrected chi connectivity index (χ3v) is 2.88. The van der Waals surface area contributed by atoms with Gasteiger partial charge in [-0.2, -0.15) is 0 Å². The van der Waals surface area contributed by atoms with E-state index in [0.29, 0.717) is 0 Å². The Kier molecular flexibility index (Phi) is 3.51. The molecule has 0 radical (unpaired) electrons. The Morgan fingerprint density at radius 1 is 1.73 bits per heavy atom. The van der Waals surface area contributed by atoms with Crippen LogP contribution in [0.1, 0.15) is 24.8 Å². The number of nitrogens with one attached hydrogen (secondary N) is 1. The van der Waals surface area contributed by atoms with E-state index in [2.05, 4.69) is 11.2 Å². The number of thiophene rings is 1. The van der Waals surface area contributed by atoms with Crippen LogP contribution in [0.2, 0.25) is 0 Å². The number of terminal acetylenes is 1. The minimum absolute atomic E-state index is 0.250. The van der Waals surface area contributed by atoms with Crippen molar-refractivity contribution in [2.75, 3.05) is 0 Å². The molecule has 1 rings (SSSR count). The summed E-state index contributed by atoms with van der Waals surface area (Å²) >= 11 is 1.46. The number of carbonyl (C=O) groups excluding carboxylic acids is 1. The highest BCUT2D eigenvalue weighted by molar-refractivity contribution is 7.10. The monoisotopic (exact) mass is 222 g/mol. The lowest BCUT2D eigenvalue weighted by atomic mass is 10.1. The van der Waals surface area contributed by atoms with Gasteiger partial charge in [-0.1, -0.05) is 12.0 Å². The van der Waals surface area contributed by atoms with Gasteiger partial charge in [0.25, 0.3) is 0 Å². The second-order valence-corrected chi connectivity index (χ2v) is 4.73. The van der Waals surface area contributed by atoms with Crippen LogP contribution in [0.25, 0.3) is 0 Å². The van der Waals surface area contributed by atoms with Crippen molar-refractivity contribution in [2.24, 2.45) is 5.73 Å². The summed E-state index contributed by atoms with van der Waals surface area (Å²) in [5.41, 5.74) is 5.11. The van der Waals surface area contributed by atoms with Crippen LogP contribution < -0.4 is 11.1 Å². The maximum atomic E-state index is 11.7. The van der Waals surface area contributed by atoms with Gasteiger partial charge in [0.15, 0.2) is 0 Å². The number of nitrogens with two attached hydrogens (primary N) is 1. The second-order valence-electron chi connectivity index (χ2n) is 3.75. The van der Waals surface area contributed by atoms with Gasteiger partial charge < -0.3 is 11.1 Å². The first kappa shape index (κ1) is 11.8. The average Bonchev–Trinajstić information content (AvgIpc) is 2.68. The molecule has 3 nitrogen and oxygen atoms in total. The number of rotatable bonds is 3. The Labute approximate surface area is 93.7 Å². The summed E-state index contributed by atoms with van der Waals surface area (Å²) in [4.78, 5) is 12.5. The molecule has 0 fully saturated rings. The molecule has 1 aromatic rings. The van der Waals surface area contributed by atoms with Crippen molar-refractivity contribution < 1.29 is 4.79 Å². The van der Waals surface area contributed by atoms with E-state index in [9.17, 15) is 4.79 Å². The molecule has 0 saturated carbocycles. The van der Waals surface area contributed by atoms with Crippen LogP contribution in [0.3, 0.4) is 0 Å². The summed E-state index contributed by atoms with van der Waals surface area (Å²) in [7, 11) is 0. The van der Waals surface area contributed by atoms with E-state index in [1.807, 2.05) is 17.5 Å². The zero-order valence-corrected chi connectivity index (χ0v) is 9.60. The lowest BCUT2D eigenvalue weighted by Crippen LogP contribution is -2.46. The zero-order valence-electron chi connectivity index (χ0n) is 8.78. The molecule has 0 spiro atoms. The van der Waals surface area contributed by atoms with Gasteiger partial charge in [0.2, 0.25) is 5.91 Å². The molecule has 1 amide bonds. The van der Waals surface area contributed by atoms with E-state index >= 15 is 0 Å². The lowest BCUT2D eigenvalue weighted by molar-refractivity contribution is -0.123. The fraction of sp³-hybridized carbons (Fsp3) is 0.364. The molecule has 1 atom stereocenters. The summed E-state index contributed by atoms with van der Waals surface area (Å²) in [6, 6.07) is 3.05. The Hall–Kier alpha value is -1.31. The molecule has 15 heavy (non-hydrogen) atoms. The van der Waals surface area contributed by atoms with Gasteiger partial charge in [-0.25, -0.2) is 0 Å². The number of hydrogen-bond acceptors (Lipinski definition) is 3. The molecular weight excluding hydrogens is 208 g/mol. The van der Waals surface area contributed by atoms with E-state index in [-0.39, 0.29) is 5.91 Å². The minimum Gasteiger partial charge on any atom is -0.339 e. The van der Waals surface area contributed by atoms with E-state index in [1.54, 1.807) is 13.8 Å². The van der Waals surface area contributed by atoms with Crippen LogP contribution in [0.4, 0.5) is 0 Å². The van der Waals surface area contributed by atoms with Gasteiger partial charge >= 0.3 is 0 Å². The summed E-state index contributed by atoms with van der Waals surface area (Å²) in [5, 5.41) is 4.58. The standard InChI is InChI=1S/C11H14N2OS/c1-4-11(2,3)13-10(14)9(12)8-6-5-7-15-8/h1,5-7,9H,12H2,2-3H3,(H,13,14). The molecule has 4 heteroatoms. The highest BCUT2D eigenvalue weighted by atomic mass is 32.1. The van der Waals surface area contributed by atoms with Gasteiger partial charge in [-0.3, -0.25) is 4.79 Å². The molecule has 0 saturated heterocycles. The largest absolute Gasteiger partial charge is 0.339 e. The third kappa shape index (κ3) is 3.08. The molecule has 0 bridgehead atoms. The summed E-state index contributed by atoms with van der Waals surface area (Å²) in [6.45, 7) is 3.51. The lowest BCUT2D eigenvalue weighted by Gasteiger charge is -2.21. The first-order valence-electron chi connectivity index (χ1n) is 4.55. The Bertz CT molecular complexity index is 376. The van der Waals surface area contributed by atoms with Crippen LogP contribution in [0.5, 0.6) is 0 Å². The molecule has 80 valence electrons.